The van der Waals surface area contributed by atoms with Gasteiger partial charge in [0, 0.05) is 0 Å². The number of nitrogen functional groups attached to an aromatic ring is 1. The zero-order chi connectivity index (χ0) is 19.1. The largest absolute Gasteiger partial charge is 0.482 e. The number of ether oxygens (including phenoxy) is 2. The molecule has 0 fully saturated rings. The highest BCUT2D eigenvalue weighted by atomic mass is 16.5. The first-order valence-electron chi connectivity index (χ1n) is 8.44. The Kier molecular flexibility index (Phi) is 6.60. The average Bonchev–Trinajstić information content (AvgIpc) is 2.61. The topological polar surface area (TPSA) is 90.7 Å². The van der Waals surface area contributed by atoms with E-state index >= 15 is 0 Å². The van der Waals surface area contributed by atoms with E-state index in [1.165, 1.54) is 6.07 Å². The Morgan fingerprint density at radius 1 is 1.08 bits per heavy atom. The van der Waals surface area contributed by atoms with Crippen LogP contribution < -0.4 is 15.8 Å². The van der Waals surface area contributed by atoms with E-state index < -0.39 is 5.97 Å². The van der Waals surface area contributed by atoms with Gasteiger partial charge in [0.05, 0.1) is 23.4 Å². The van der Waals surface area contributed by atoms with Crippen molar-refractivity contribution in [1.82, 2.24) is 5.32 Å². The third-order valence-electron chi connectivity index (χ3n) is 3.63. The smallest absolute Gasteiger partial charge is 0.338 e. The van der Waals surface area contributed by atoms with Crippen LogP contribution in [0.5, 0.6) is 5.75 Å². The summed E-state index contributed by atoms with van der Waals surface area (Å²) < 4.78 is 10.6. The fourth-order valence-electron chi connectivity index (χ4n) is 2.32. The first kappa shape index (κ1) is 19.3. The van der Waals surface area contributed by atoms with Crippen molar-refractivity contribution < 1.29 is 19.1 Å². The van der Waals surface area contributed by atoms with E-state index in [1.54, 1.807) is 26.0 Å². The van der Waals surface area contributed by atoms with Gasteiger partial charge in [-0.2, -0.15) is 0 Å². The maximum atomic E-state index is 12.1. The molecule has 0 heterocycles. The fourth-order valence-corrected chi connectivity index (χ4v) is 2.32. The summed E-state index contributed by atoms with van der Waals surface area (Å²) in [6.45, 7) is 5.23. The summed E-state index contributed by atoms with van der Waals surface area (Å²) in [6, 6.07) is 14.1. The van der Waals surface area contributed by atoms with Crippen molar-refractivity contribution in [3.63, 3.8) is 0 Å². The molecule has 0 aliphatic heterocycles. The molecular weight excluding hydrogens is 332 g/mol. The predicted octanol–water partition coefficient (Wildman–Crippen LogP) is 3.09. The highest BCUT2D eigenvalue weighted by Gasteiger charge is 2.14. The summed E-state index contributed by atoms with van der Waals surface area (Å²) in [5.41, 5.74) is 7.52. The third kappa shape index (κ3) is 5.51. The molecule has 0 aliphatic rings. The van der Waals surface area contributed by atoms with Crippen molar-refractivity contribution >= 4 is 17.6 Å². The number of nitrogens with two attached hydrogens (primary N) is 1. The van der Waals surface area contributed by atoms with Gasteiger partial charge in [-0.05, 0) is 44.5 Å². The number of carbonyl (C=O) groups excluding carboxylic acids is 2. The Morgan fingerprint density at radius 2 is 1.77 bits per heavy atom. The summed E-state index contributed by atoms with van der Waals surface area (Å²) in [5.74, 6) is -0.478. The Labute approximate surface area is 153 Å². The number of nitrogens with one attached hydrogen (secondary N) is 1. The summed E-state index contributed by atoms with van der Waals surface area (Å²) in [7, 11) is 0. The molecule has 26 heavy (non-hydrogen) atoms. The van der Waals surface area contributed by atoms with Crippen molar-refractivity contribution in [2.24, 2.45) is 0 Å². The van der Waals surface area contributed by atoms with Gasteiger partial charge in [0.15, 0.2) is 6.61 Å². The molecule has 2 aromatic rings. The molecular formula is C20H24N2O4. The molecule has 138 valence electrons. The number of hydrogen-bond acceptors (Lipinski definition) is 5. The van der Waals surface area contributed by atoms with Crippen molar-refractivity contribution in [3.8, 4) is 5.75 Å². The minimum Gasteiger partial charge on any atom is -0.482 e. The minimum atomic E-state index is -0.466. The van der Waals surface area contributed by atoms with Crippen LogP contribution in [-0.2, 0) is 9.53 Å². The summed E-state index contributed by atoms with van der Waals surface area (Å²) in [4.78, 5) is 24.1. The van der Waals surface area contributed by atoms with Crippen LogP contribution in [0.2, 0.25) is 0 Å². The Hall–Kier alpha value is -3.02. The van der Waals surface area contributed by atoms with Crippen molar-refractivity contribution in [2.45, 2.75) is 32.9 Å². The molecule has 0 saturated heterocycles. The van der Waals surface area contributed by atoms with Crippen LogP contribution in [0.15, 0.2) is 48.5 Å². The van der Waals surface area contributed by atoms with Gasteiger partial charge >= 0.3 is 5.97 Å². The van der Waals surface area contributed by atoms with Crippen LogP contribution in [0.4, 0.5) is 5.69 Å². The van der Waals surface area contributed by atoms with Gasteiger partial charge in [-0.25, -0.2) is 4.79 Å². The van der Waals surface area contributed by atoms with Gasteiger partial charge in [0.2, 0.25) is 0 Å². The number of esters is 1. The molecule has 0 aliphatic carbocycles. The van der Waals surface area contributed by atoms with Crippen molar-refractivity contribution in [3.05, 3.63) is 59.7 Å². The molecule has 0 radical (unpaired) electrons. The van der Waals surface area contributed by atoms with Crippen LogP contribution in [0.25, 0.3) is 0 Å². The molecule has 1 atom stereocenters. The molecule has 0 bridgehead atoms. The molecule has 0 saturated carbocycles. The van der Waals surface area contributed by atoms with E-state index in [4.69, 9.17) is 15.2 Å². The molecule has 2 rings (SSSR count). The zero-order valence-corrected chi connectivity index (χ0v) is 15.2. The second kappa shape index (κ2) is 8.89. The molecule has 3 N–H and O–H groups in total. The predicted molar refractivity (Wildman–Crippen MR) is 99.9 cm³/mol. The fraction of sp³-hybridized carbons (Fsp3) is 0.300. The van der Waals surface area contributed by atoms with Crippen LogP contribution in [-0.4, -0.2) is 24.6 Å². The number of rotatable bonds is 7. The molecule has 0 spiro atoms. The van der Waals surface area contributed by atoms with E-state index in [-0.39, 0.29) is 30.4 Å². The van der Waals surface area contributed by atoms with Crippen molar-refractivity contribution in [1.29, 1.82) is 0 Å². The normalized spacial score (nSPS) is 11.7. The lowest BCUT2D eigenvalue weighted by atomic mass is 10.1. The standard InChI is InChI=1S/C20H24N2O4/c1-13(2)26-20(24)16-9-10-17(21)18(11-16)25-12-19(23)22-14(3)15-7-5-4-6-8-15/h4-11,13-14H,12,21H2,1-3H3,(H,22,23). The maximum Gasteiger partial charge on any atom is 0.338 e. The van der Waals surface area contributed by atoms with Gasteiger partial charge in [-0.3, -0.25) is 4.79 Å². The quantitative estimate of drug-likeness (QED) is 0.588. The van der Waals surface area contributed by atoms with E-state index in [1.807, 2.05) is 37.3 Å². The minimum absolute atomic E-state index is 0.142. The Bertz CT molecular complexity index is 760. The second-order valence-electron chi connectivity index (χ2n) is 6.20. The van der Waals surface area contributed by atoms with Crippen LogP contribution in [0, 0.1) is 0 Å². The van der Waals surface area contributed by atoms with Gasteiger partial charge in [0.1, 0.15) is 5.75 Å². The van der Waals surface area contributed by atoms with Gasteiger partial charge < -0.3 is 20.5 Å². The highest BCUT2D eigenvalue weighted by Crippen LogP contribution is 2.23. The lowest BCUT2D eigenvalue weighted by Crippen LogP contribution is -2.31. The number of hydrogen-bond donors (Lipinski definition) is 2. The van der Waals surface area contributed by atoms with Crippen LogP contribution in [0.3, 0.4) is 0 Å². The van der Waals surface area contributed by atoms with Crippen LogP contribution in [0.1, 0.15) is 42.7 Å². The number of carbonyl (C=O) groups is 2. The van der Waals surface area contributed by atoms with Gasteiger partial charge in [-0.1, -0.05) is 30.3 Å². The Balaban J connectivity index is 1.96. The van der Waals surface area contributed by atoms with Crippen molar-refractivity contribution in [2.75, 3.05) is 12.3 Å². The molecule has 2 aromatic carbocycles. The highest BCUT2D eigenvalue weighted by molar-refractivity contribution is 5.91. The first-order valence-corrected chi connectivity index (χ1v) is 8.44. The molecule has 0 aromatic heterocycles. The molecule has 1 amide bonds. The first-order chi connectivity index (χ1) is 12.4. The SMILES string of the molecule is CC(C)OC(=O)c1ccc(N)c(OCC(=O)NC(C)c2ccccc2)c1. The summed E-state index contributed by atoms with van der Waals surface area (Å²) in [6.07, 6.45) is -0.227. The van der Waals surface area contributed by atoms with Gasteiger partial charge in [-0.15, -0.1) is 0 Å². The van der Waals surface area contributed by atoms with E-state index in [2.05, 4.69) is 5.32 Å². The molecule has 1 unspecified atom stereocenters. The lowest BCUT2D eigenvalue weighted by Gasteiger charge is -2.15. The van der Waals surface area contributed by atoms with E-state index in [0.29, 0.717) is 11.3 Å². The summed E-state index contributed by atoms with van der Waals surface area (Å²) in [5, 5.41) is 2.85. The number of amides is 1. The van der Waals surface area contributed by atoms with Crippen LogP contribution >= 0.6 is 0 Å². The lowest BCUT2D eigenvalue weighted by molar-refractivity contribution is -0.123. The Morgan fingerprint density at radius 3 is 2.42 bits per heavy atom. The average molecular weight is 356 g/mol. The van der Waals surface area contributed by atoms with E-state index in [9.17, 15) is 9.59 Å². The van der Waals surface area contributed by atoms with Gasteiger partial charge in [0.25, 0.3) is 5.91 Å². The monoisotopic (exact) mass is 356 g/mol. The molecule has 6 heteroatoms. The molecule has 6 nitrogen and oxygen atoms in total. The second-order valence-corrected chi connectivity index (χ2v) is 6.20. The zero-order valence-electron chi connectivity index (χ0n) is 15.2. The number of anilines is 1. The number of benzene rings is 2. The third-order valence-corrected chi connectivity index (χ3v) is 3.63. The maximum absolute atomic E-state index is 12.1. The summed E-state index contributed by atoms with van der Waals surface area (Å²) >= 11 is 0. The van der Waals surface area contributed by atoms with E-state index in [0.717, 1.165) is 5.56 Å².